The van der Waals surface area contributed by atoms with Crippen molar-refractivity contribution in [3.8, 4) is 17.5 Å². The summed E-state index contributed by atoms with van der Waals surface area (Å²) in [4.78, 5) is 18.8. The lowest BCUT2D eigenvalue weighted by Crippen LogP contribution is -2.31. The normalized spacial score (nSPS) is 10.5. The van der Waals surface area contributed by atoms with Gasteiger partial charge in [0.25, 0.3) is 5.91 Å². The van der Waals surface area contributed by atoms with E-state index in [0.29, 0.717) is 29.5 Å². The van der Waals surface area contributed by atoms with Crippen molar-refractivity contribution in [2.24, 2.45) is 7.05 Å². The summed E-state index contributed by atoms with van der Waals surface area (Å²) >= 11 is 0. The number of aryl methyl sites for hydroxylation is 2. The van der Waals surface area contributed by atoms with Gasteiger partial charge in [0.2, 0.25) is 11.7 Å². The first-order valence-corrected chi connectivity index (χ1v) is 8.27. The Kier molecular flexibility index (Phi) is 4.85. The monoisotopic (exact) mass is 349 g/mol. The first kappa shape index (κ1) is 17.4. The van der Waals surface area contributed by atoms with E-state index in [9.17, 15) is 4.79 Å². The van der Waals surface area contributed by atoms with Crippen LogP contribution >= 0.6 is 0 Å². The quantitative estimate of drug-likeness (QED) is 0.707. The Balaban J connectivity index is 1.79. The van der Waals surface area contributed by atoms with Gasteiger partial charge in [-0.05, 0) is 26.0 Å². The minimum atomic E-state index is -0.188. The van der Waals surface area contributed by atoms with Crippen molar-refractivity contribution in [2.75, 3.05) is 6.54 Å². The molecule has 2 heterocycles. The number of amides is 1. The van der Waals surface area contributed by atoms with Gasteiger partial charge in [-0.1, -0.05) is 28.9 Å². The molecular weight excluding hydrogens is 330 g/mol. The van der Waals surface area contributed by atoms with Crippen LogP contribution in [0.5, 0.6) is 0 Å². The lowest BCUT2D eigenvalue weighted by atomic mass is 10.1. The second-order valence-corrected chi connectivity index (χ2v) is 6.04. The highest BCUT2D eigenvalue weighted by Crippen LogP contribution is 2.18. The Morgan fingerprint density at radius 3 is 2.85 bits per heavy atom. The maximum absolute atomic E-state index is 12.8. The van der Waals surface area contributed by atoms with Gasteiger partial charge in [-0.15, -0.1) is 0 Å². The second-order valence-electron chi connectivity index (χ2n) is 6.04. The predicted octanol–water partition coefficient (Wildman–Crippen LogP) is 2.92. The number of hydrogen-bond donors (Lipinski definition) is 0. The molecule has 3 rings (SSSR count). The van der Waals surface area contributed by atoms with Crippen molar-refractivity contribution < 1.29 is 9.32 Å². The van der Waals surface area contributed by atoms with Crippen LogP contribution in [-0.4, -0.2) is 32.1 Å². The summed E-state index contributed by atoms with van der Waals surface area (Å²) in [5.74, 6) is 0.677. The molecule has 7 heteroatoms. The van der Waals surface area contributed by atoms with E-state index in [0.717, 1.165) is 11.1 Å². The van der Waals surface area contributed by atoms with Crippen molar-refractivity contribution in [1.29, 1.82) is 5.26 Å². The van der Waals surface area contributed by atoms with Gasteiger partial charge in [0.05, 0.1) is 5.56 Å². The SMILES string of the molecule is CCN(Cc1nc(-c2cccc(C)c2)no1)C(=O)c1cc(C#N)cn1C. The molecule has 0 fully saturated rings. The van der Waals surface area contributed by atoms with Crippen LogP contribution in [0.15, 0.2) is 41.1 Å². The van der Waals surface area contributed by atoms with Crippen molar-refractivity contribution in [1.82, 2.24) is 19.6 Å². The van der Waals surface area contributed by atoms with E-state index >= 15 is 0 Å². The van der Waals surface area contributed by atoms with Gasteiger partial charge in [0.15, 0.2) is 0 Å². The van der Waals surface area contributed by atoms with Crippen LogP contribution in [0.2, 0.25) is 0 Å². The molecule has 0 saturated heterocycles. The zero-order valence-corrected chi connectivity index (χ0v) is 14.9. The highest BCUT2D eigenvalue weighted by Gasteiger charge is 2.21. The number of aromatic nitrogens is 3. The average Bonchev–Trinajstić information content (AvgIpc) is 3.25. The molecule has 7 nitrogen and oxygen atoms in total. The molecule has 0 unspecified atom stereocenters. The van der Waals surface area contributed by atoms with E-state index < -0.39 is 0 Å². The first-order valence-electron chi connectivity index (χ1n) is 8.27. The van der Waals surface area contributed by atoms with Gasteiger partial charge in [-0.2, -0.15) is 10.2 Å². The van der Waals surface area contributed by atoms with Crippen LogP contribution in [0.3, 0.4) is 0 Å². The number of carbonyl (C=O) groups is 1. The van der Waals surface area contributed by atoms with Gasteiger partial charge in [0, 0.05) is 25.4 Å². The molecule has 0 N–H and O–H groups in total. The zero-order chi connectivity index (χ0) is 18.7. The van der Waals surface area contributed by atoms with Crippen molar-refractivity contribution >= 4 is 5.91 Å². The van der Waals surface area contributed by atoms with Crippen LogP contribution in [0.25, 0.3) is 11.4 Å². The minimum absolute atomic E-state index is 0.188. The lowest BCUT2D eigenvalue weighted by molar-refractivity contribution is 0.0725. The third kappa shape index (κ3) is 3.49. The summed E-state index contributed by atoms with van der Waals surface area (Å²) in [6.45, 7) is 4.57. The summed E-state index contributed by atoms with van der Waals surface area (Å²) in [5.41, 5.74) is 2.87. The summed E-state index contributed by atoms with van der Waals surface area (Å²) in [7, 11) is 1.74. The van der Waals surface area contributed by atoms with Crippen LogP contribution in [0, 0.1) is 18.3 Å². The maximum atomic E-state index is 12.8. The van der Waals surface area contributed by atoms with Crippen LogP contribution in [0.4, 0.5) is 0 Å². The molecule has 0 saturated carbocycles. The average molecular weight is 349 g/mol. The Morgan fingerprint density at radius 1 is 1.38 bits per heavy atom. The van der Waals surface area contributed by atoms with Crippen LogP contribution < -0.4 is 0 Å². The lowest BCUT2D eigenvalue weighted by Gasteiger charge is -2.18. The highest BCUT2D eigenvalue weighted by molar-refractivity contribution is 5.93. The Labute approximate surface area is 151 Å². The Morgan fingerprint density at radius 2 is 2.19 bits per heavy atom. The van der Waals surface area contributed by atoms with E-state index in [1.165, 1.54) is 0 Å². The second kappa shape index (κ2) is 7.23. The third-order valence-corrected chi connectivity index (χ3v) is 4.09. The Bertz CT molecular complexity index is 980. The number of nitrogens with zero attached hydrogens (tertiary/aromatic N) is 5. The fraction of sp³-hybridized carbons (Fsp3) is 0.263. The number of rotatable bonds is 5. The number of carbonyl (C=O) groups excluding carboxylic acids is 1. The number of hydrogen-bond acceptors (Lipinski definition) is 5. The van der Waals surface area contributed by atoms with E-state index in [2.05, 4.69) is 10.1 Å². The molecule has 1 aromatic carbocycles. The van der Waals surface area contributed by atoms with Crippen LogP contribution in [-0.2, 0) is 13.6 Å². The van der Waals surface area contributed by atoms with Crippen LogP contribution in [0.1, 0.15) is 34.4 Å². The van der Waals surface area contributed by atoms with Crippen molar-refractivity contribution in [3.05, 3.63) is 59.2 Å². The predicted molar refractivity (Wildman–Crippen MR) is 95.0 cm³/mol. The highest BCUT2D eigenvalue weighted by atomic mass is 16.5. The van der Waals surface area contributed by atoms with E-state index in [-0.39, 0.29) is 12.5 Å². The summed E-state index contributed by atoms with van der Waals surface area (Å²) in [6.07, 6.45) is 1.63. The number of nitriles is 1. The molecule has 0 radical (unpaired) electrons. The topological polar surface area (TPSA) is 88.0 Å². The van der Waals surface area contributed by atoms with Gasteiger partial charge in [0.1, 0.15) is 18.3 Å². The van der Waals surface area contributed by atoms with Gasteiger partial charge in [-0.25, -0.2) is 0 Å². The molecule has 0 bridgehead atoms. The third-order valence-electron chi connectivity index (χ3n) is 4.09. The largest absolute Gasteiger partial charge is 0.345 e. The zero-order valence-electron chi connectivity index (χ0n) is 14.9. The summed E-state index contributed by atoms with van der Waals surface area (Å²) in [6, 6.07) is 11.4. The molecule has 0 spiro atoms. The molecule has 0 aliphatic rings. The molecule has 3 aromatic rings. The molecule has 26 heavy (non-hydrogen) atoms. The van der Waals surface area contributed by atoms with Crippen molar-refractivity contribution in [2.45, 2.75) is 20.4 Å². The fourth-order valence-corrected chi connectivity index (χ4v) is 2.71. The molecule has 132 valence electrons. The molecule has 0 atom stereocenters. The number of benzene rings is 1. The molecular formula is C19H19N5O2. The summed E-state index contributed by atoms with van der Waals surface area (Å²) < 4.78 is 6.97. The standard InChI is InChI=1S/C19H19N5O2/c1-4-24(19(25)16-9-14(10-20)11-23(16)3)12-17-21-18(22-26-17)15-7-5-6-13(2)8-15/h5-9,11H,4,12H2,1-3H3. The minimum Gasteiger partial charge on any atom is -0.345 e. The van der Waals surface area contributed by atoms with Gasteiger partial charge < -0.3 is 14.0 Å². The van der Waals surface area contributed by atoms with E-state index in [1.807, 2.05) is 44.2 Å². The summed E-state index contributed by atoms with van der Waals surface area (Å²) in [5, 5.41) is 13.0. The molecule has 0 aliphatic carbocycles. The maximum Gasteiger partial charge on any atom is 0.270 e. The van der Waals surface area contributed by atoms with Gasteiger partial charge >= 0.3 is 0 Å². The molecule has 0 aliphatic heterocycles. The smallest absolute Gasteiger partial charge is 0.270 e. The molecule has 2 aromatic heterocycles. The Hall–Kier alpha value is -3.40. The van der Waals surface area contributed by atoms with E-state index in [1.54, 1.807) is 28.8 Å². The van der Waals surface area contributed by atoms with Crippen molar-refractivity contribution in [3.63, 3.8) is 0 Å². The van der Waals surface area contributed by atoms with Gasteiger partial charge in [-0.3, -0.25) is 4.79 Å². The molecule has 1 amide bonds. The van der Waals surface area contributed by atoms with E-state index in [4.69, 9.17) is 9.78 Å². The fourth-order valence-electron chi connectivity index (χ4n) is 2.71. The first-order chi connectivity index (χ1) is 12.5.